The fraction of sp³-hybridized carbons (Fsp3) is 0.556. The van der Waals surface area contributed by atoms with Crippen molar-refractivity contribution in [1.82, 2.24) is 4.98 Å². The molecule has 0 aromatic carbocycles. The maximum atomic E-state index is 14.5. The molecule has 23 heavy (non-hydrogen) atoms. The van der Waals surface area contributed by atoms with E-state index in [2.05, 4.69) is 4.98 Å². The van der Waals surface area contributed by atoms with E-state index in [0.29, 0.717) is 25.0 Å². The first-order valence-corrected chi connectivity index (χ1v) is 8.17. The van der Waals surface area contributed by atoms with Crippen LogP contribution < -0.4 is 0 Å². The molecule has 2 aliphatic carbocycles. The molecule has 0 spiro atoms. The molecule has 1 saturated carbocycles. The standard InChI is InChI=1S/C18H20FNO3/c1-17(19)9-13-4-5-15-18(13,14(10-17)16(21)23-15)22-8-6-12-3-2-7-20-11-12/h2-3,7,10-11,13,15H,4-6,8-9H2,1H3/t13-,15-,17+,18+/m0/s1. The monoisotopic (exact) mass is 317 g/mol. The van der Waals surface area contributed by atoms with Crippen molar-refractivity contribution in [3.63, 3.8) is 0 Å². The molecule has 1 aromatic heterocycles. The van der Waals surface area contributed by atoms with E-state index < -0.39 is 17.2 Å². The third-order valence-corrected chi connectivity index (χ3v) is 5.30. The number of rotatable bonds is 4. The fourth-order valence-corrected chi connectivity index (χ4v) is 4.38. The van der Waals surface area contributed by atoms with Gasteiger partial charge in [-0.25, -0.2) is 9.18 Å². The van der Waals surface area contributed by atoms with Gasteiger partial charge in [0.25, 0.3) is 0 Å². The van der Waals surface area contributed by atoms with E-state index in [4.69, 9.17) is 9.47 Å². The number of ether oxygens (including phenoxy) is 2. The lowest BCUT2D eigenvalue weighted by Gasteiger charge is -2.40. The van der Waals surface area contributed by atoms with Crippen molar-refractivity contribution in [2.24, 2.45) is 5.92 Å². The Morgan fingerprint density at radius 3 is 3.13 bits per heavy atom. The molecule has 4 atom stereocenters. The number of esters is 1. The van der Waals surface area contributed by atoms with Crippen molar-refractivity contribution in [2.75, 3.05) is 6.61 Å². The minimum Gasteiger partial charge on any atom is -0.455 e. The van der Waals surface area contributed by atoms with Gasteiger partial charge in [0.2, 0.25) is 0 Å². The lowest BCUT2D eigenvalue weighted by molar-refractivity contribution is -0.142. The SMILES string of the molecule is C[C@]1(F)C=C2C(=O)O[C@H]3CC[C@@H](C1)[C@@]23OCCc1cccnc1. The maximum absolute atomic E-state index is 14.5. The van der Waals surface area contributed by atoms with Gasteiger partial charge in [0, 0.05) is 12.4 Å². The lowest BCUT2D eigenvalue weighted by Crippen LogP contribution is -2.49. The average Bonchev–Trinajstić information content (AvgIpc) is 2.98. The summed E-state index contributed by atoms with van der Waals surface area (Å²) in [5.41, 5.74) is -0.732. The fourth-order valence-electron chi connectivity index (χ4n) is 4.38. The van der Waals surface area contributed by atoms with Gasteiger partial charge < -0.3 is 9.47 Å². The molecule has 0 amide bonds. The van der Waals surface area contributed by atoms with Gasteiger partial charge in [-0.1, -0.05) is 6.07 Å². The molecule has 0 N–H and O–H groups in total. The largest absolute Gasteiger partial charge is 0.455 e. The minimum atomic E-state index is -1.46. The van der Waals surface area contributed by atoms with Crippen LogP contribution in [0.2, 0.25) is 0 Å². The Hall–Kier alpha value is -1.75. The van der Waals surface area contributed by atoms with Crippen molar-refractivity contribution < 1.29 is 18.7 Å². The highest BCUT2D eigenvalue weighted by molar-refractivity contribution is 5.94. The van der Waals surface area contributed by atoms with Crippen molar-refractivity contribution in [2.45, 2.75) is 50.0 Å². The van der Waals surface area contributed by atoms with E-state index in [-0.39, 0.29) is 12.0 Å². The number of halogens is 1. The quantitative estimate of drug-likeness (QED) is 0.801. The summed E-state index contributed by atoms with van der Waals surface area (Å²) in [5.74, 6) is -0.410. The molecule has 1 aliphatic heterocycles. The molecule has 1 saturated heterocycles. The summed E-state index contributed by atoms with van der Waals surface area (Å²) in [4.78, 5) is 16.3. The van der Waals surface area contributed by atoms with Crippen molar-refractivity contribution in [3.05, 3.63) is 41.7 Å². The number of pyridine rings is 1. The van der Waals surface area contributed by atoms with Crippen molar-refractivity contribution >= 4 is 5.97 Å². The van der Waals surface area contributed by atoms with Crippen LogP contribution in [0.5, 0.6) is 0 Å². The van der Waals surface area contributed by atoms with Crippen LogP contribution in [0, 0.1) is 5.92 Å². The van der Waals surface area contributed by atoms with E-state index in [1.807, 2.05) is 18.3 Å². The van der Waals surface area contributed by atoms with E-state index in [0.717, 1.165) is 18.4 Å². The minimum absolute atomic E-state index is 0.00264. The number of hydrogen-bond acceptors (Lipinski definition) is 4. The Morgan fingerprint density at radius 2 is 2.35 bits per heavy atom. The molecule has 2 heterocycles. The highest BCUT2D eigenvalue weighted by Gasteiger charge is 2.65. The van der Waals surface area contributed by atoms with Crippen LogP contribution in [0.25, 0.3) is 0 Å². The van der Waals surface area contributed by atoms with Crippen LogP contribution in [-0.4, -0.2) is 34.9 Å². The molecule has 1 aromatic rings. The molecule has 122 valence electrons. The zero-order chi connectivity index (χ0) is 16.1. The Labute approximate surface area is 134 Å². The van der Waals surface area contributed by atoms with E-state index in [1.54, 1.807) is 6.20 Å². The lowest BCUT2D eigenvalue weighted by atomic mass is 9.72. The predicted octanol–water partition coefficient (Wildman–Crippen LogP) is 2.77. The number of alkyl halides is 1. The smallest absolute Gasteiger partial charge is 0.337 e. The first kappa shape index (κ1) is 14.8. The Bertz CT molecular complexity index is 657. The summed E-state index contributed by atoms with van der Waals surface area (Å²) in [6.45, 7) is 1.99. The molecule has 0 unspecified atom stereocenters. The predicted molar refractivity (Wildman–Crippen MR) is 81.4 cm³/mol. The topological polar surface area (TPSA) is 48.4 Å². The molecule has 4 rings (SSSR count). The maximum Gasteiger partial charge on any atom is 0.337 e. The number of hydrogen-bond donors (Lipinski definition) is 0. The van der Waals surface area contributed by atoms with Gasteiger partial charge in [-0.15, -0.1) is 0 Å². The third-order valence-electron chi connectivity index (χ3n) is 5.30. The Morgan fingerprint density at radius 1 is 1.48 bits per heavy atom. The Kier molecular flexibility index (Phi) is 3.30. The van der Waals surface area contributed by atoms with Gasteiger partial charge in [0.05, 0.1) is 12.2 Å². The molecular weight excluding hydrogens is 297 g/mol. The summed E-state index contributed by atoms with van der Waals surface area (Å²) < 4.78 is 26.3. The second-order valence-electron chi connectivity index (χ2n) is 6.96. The summed E-state index contributed by atoms with van der Waals surface area (Å²) in [5, 5.41) is 0. The van der Waals surface area contributed by atoms with Gasteiger partial charge in [-0.2, -0.15) is 0 Å². The number of allylic oxidation sites excluding steroid dienone is 1. The van der Waals surface area contributed by atoms with Gasteiger partial charge in [0.15, 0.2) is 0 Å². The normalized spacial score (nSPS) is 38.2. The number of nitrogens with zero attached hydrogens (tertiary/aromatic N) is 1. The van der Waals surface area contributed by atoms with E-state index >= 15 is 0 Å². The van der Waals surface area contributed by atoms with Crippen LogP contribution in [0.1, 0.15) is 31.7 Å². The summed E-state index contributed by atoms with van der Waals surface area (Å²) in [6, 6.07) is 3.88. The molecule has 0 radical (unpaired) electrons. The van der Waals surface area contributed by atoms with Gasteiger partial charge in [-0.3, -0.25) is 4.98 Å². The zero-order valence-electron chi connectivity index (χ0n) is 13.1. The van der Waals surface area contributed by atoms with E-state index in [9.17, 15) is 9.18 Å². The number of carbonyl (C=O) groups excluding carboxylic acids is 1. The highest BCUT2D eigenvalue weighted by atomic mass is 19.1. The highest BCUT2D eigenvalue weighted by Crippen LogP contribution is 2.56. The molecule has 4 nitrogen and oxygen atoms in total. The Balaban J connectivity index is 1.59. The number of carbonyl (C=O) groups is 1. The van der Waals surface area contributed by atoms with Crippen LogP contribution in [0.4, 0.5) is 4.39 Å². The third kappa shape index (κ3) is 2.29. The summed E-state index contributed by atoms with van der Waals surface area (Å²) in [6.07, 6.45) is 7.38. The second-order valence-corrected chi connectivity index (χ2v) is 6.96. The molecule has 5 heteroatoms. The molecular formula is C18H20FNO3. The van der Waals surface area contributed by atoms with Gasteiger partial charge in [-0.05, 0) is 56.2 Å². The second kappa shape index (κ2) is 5.13. The van der Waals surface area contributed by atoms with E-state index in [1.165, 1.54) is 13.0 Å². The van der Waals surface area contributed by atoms with Crippen LogP contribution >= 0.6 is 0 Å². The van der Waals surface area contributed by atoms with Crippen molar-refractivity contribution in [3.8, 4) is 0 Å². The van der Waals surface area contributed by atoms with Crippen LogP contribution in [-0.2, 0) is 20.7 Å². The van der Waals surface area contributed by atoms with Crippen LogP contribution in [0.15, 0.2) is 36.2 Å². The molecule has 3 aliphatic rings. The first-order valence-electron chi connectivity index (χ1n) is 8.17. The molecule has 0 bridgehead atoms. The average molecular weight is 317 g/mol. The first-order chi connectivity index (χ1) is 11.0. The van der Waals surface area contributed by atoms with Crippen LogP contribution in [0.3, 0.4) is 0 Å². The van der Waals surface area contributed by atoms with Gasteiger partial charge in [0.1, 0.15) is 17.4 Å². The summed E-state index contributed by atoms with van der Waals surface area (Å²) in [7, 11) is 0. The van der Waals surface area contributed by atoms with Crippen molar-refractivity contribution in [1.29, 1.82) is 0 Å². The van der Waals surface area contributed by atoms with Gasteiger partial charge >= 0.3 is 5.97 Å². The number of aromatic nitrogens is 1. The zero-order valence-corrected chi connectivity index (χ0v) is 13.1. The summed E-state index contributed by atoms with van der Waals surface area (Å²) >= 11 is 0. The molecule has 2 fully saturated rings.